The van der Waals surface area contributed by atoms with Crippen molar-refractivity contribution < 1.29 is 17.5 Å². The van der Waals surface area contributed by atoms with Crippen LogP contribution in [0.4, 0.5) is 21.6 Å². The molecule has 0 bridgehead atoms. The lowest BCUT2D eigenvalue weighted by Gasteiger charge is -2.32. The van der Waals surface area contributed by atoms with E-state index in [0.29, 0.717) is 23.8 Å². The van der Waals surface area contributed by atoms with E-state index in [1.807, 2.05) is 30.3 Å². The summed E-state index contributed by atoms with van der Waals surface area (Å²) in [5.41, 5.74) is 2.68. The molecule has 0 saturated carbocycles. The zero-order valence-corrected chi connectivity index (χ0v) is 22.9. The fraction of sp³-hybridized carbons (Fsp3) is 0.241. The number of rotatable bonds is 10. The minimum Gasteiger partial charge on any atom is -0.492 e. The van der Waals surface area contributed by atoms with Crippen LogP contribution in [0.5, 0.6) is 5.75 Å². The Bertz CT molecular complexity index is 1530. The van der Waals surface area contributed by atoms with E-state index in [1.165, 1.54) is 24.5 Å². The number of likely N-dealkylation sites (N-methyl/N-ethyl adjacent to an activating group) is 1. The Morgan fingerprint density at radius 3 is 2.33 bits per heavy atom. The first-order chi connectivity index (χ1) is 19.4. The van der Waals surface area contributed by atoms with Gasteiger partial charge in [0.2, 0.25) is 0 Å². The predicted molar refractivity (Wildman–Crippen MR) is 154 cm³/mol. The number of sulfonamides is 1. The van der Waals surface area contributed by atoms with Gasteiger partial charge in [0.05, 0.1) is 5.69 Å². The second-order valence-electron chi connectivity index (χ2n) is 9.54. The van der Waals surface area contributed by atoms with Crippen molar-refractivity contribution in [1.29, 1.82) is 0 Å². The average Bonchev–Trinajstić information content (AvgIpc) is 2.96. The van der Waals surface area contributed by atoms with E-state index in [4.69, 9.17) is 4.74 Å². The minimum atomic E-state index is -4.05. The summed E-state index contributed by atoms with van der Waals surface area (Å²) >= 11 is 0. The number of ether oxygens (including phenoxy) is 1. The van der Waals surface area contributed by atoms with Gasteiger partial charge in [-0.2, -0.15) is 0 Å². The van der Waals surface area contributed by atoms with Crippen LogP contribution in [-0.2, 0) is 10.0 Å². The molecule has 0 aliphatic carbocycles. The highest BCUT2D eigenvalue weighted by molar-refractivity contribution is 7.92. The van der Waals surface area contributed by atoms with Gasteiger partial charge in [0.25, 0.3) is 10.0 Å². The van der Waals surface area contributed by atoms with Crippen LogP contribution in [0.25, 0.3) is 11.3 Å². The molecule has 1 saturated heterocycles. The molecule has 3 aromatic carbocycles. The summed E-state index contributed by atoms with van der Waals surface area (Å²) in [7, 11) is -1.90. The van der Waals surface area contributed by atoms with Crippen LogP contribution in [-0.4, -0.2) is 74.6 Å². The Hall–Kier alpha value is -4.06. The van der Waals surface area contributed by atoms with Crippen LogP contribution in [0.3, 0.4) is 0 Å². The Morgan fingerprint density at radius 1 is 0.900 bits per heavy atom. The van der Waals surface area contributed by atoms with Gasteiger partial charge in [0.1, 0.15) is 35.2 Å². The maximum Gasteiger partial charge on any atom is 0.264 e. The molecule has 2 N–H and O–H groups in total. The molecule has 1 aliphatic heterocycles. The van der Waals surface area contributed by atoms with Gasteiger partial charge in [-0.15, -0.1) is 0 Å². The molecule has 2 heterocycles. The first-order valence-corrected chi connectivity index (χ1v) is 14.4. The maximum absolute atomic E-state index is 13.9. The van der Waals surface area contributed by atoms with Crippen molar-refractivity contribution in [3.05, 3.63) is 91.0 Å². The summed E-state index contributed by atoms with van der Waals surface area (Å²) in [6.07, 6.45) is 1.48. The van der Waals surface area contributed by atoms with Crippen LogP contribution in [0, 0.1) is 5.82 Å². The van der Waals surface area contributed by atoms with Crippen LogP contribution < -0.4 is 14.8 Å². The Morgan fingerprint density at radius 2 is 1.60 bits per heavy atom. The number of piperazine rings is 1. The average molecular weight is 563 g/mol. The van der Waals surface area contributed by atoms with E-state index in [-0.39, 0.29) is 0 Å². The van der Waals surface area contributed by atoms with Crippen molar-refractivity contribution >= 4 is 27.2 Å². The minimum absolute atomic E-state index is 0.308. The second kappa shape index (κ2) is 12.4. The lowest BCUT2D eigenvalue weighted by Crippen LogP contribution is -2.45. The molecule has 0 atom stereocenters. The molecule has 11 heteroatoms. The molecule has 0 unspecified atom stereocenters. The standard InChI is InChI=1S/C29H31FN6O3S/c1-35-14-16-36(17-15-35)18-19-39-25-12-6-22(7-13-25)27-20-29(32-21-31-27)33-23-8-10-24(11-9-23)34-40(37,38)28-5-3-2-4-26(28)30/h2-13,20-21,34H,14-19H2,1H3,(H,31,32,33). The van der Waals surface area contributed by atoms with Crippen molar-refractivity contribution in [2.75, 3.05) is 56.4 Å². The van der Waals surface area contributed by atoms with Crippen molar-refractivity contribution in [2.24, 2.45) is 0 Å². The van der Waals surface area contributed by atoms with Gasteiger partial charge in [0, 0.05) is 55.7 Å². The normalized spacial score (nSPS) is 14.6. The molecule has 40 heavy (non-hydrogen) atoms. The van der Waals surface area contributed by atoms with E-state index in [9.17, 15) is 12.8 Å². The van der Waals surface area contributed by atoms with Gasteiger partial charge >= 0.3 is 0 Å². The summed E-state index contributed by atoms with van der Waals surface area (Å²) in [6.45, 7) is 5.88. The molecule has 1 fully saturated rings. The van der Waals surface area contributed by atoms with E-state index in [0.717, 1.165) is 55.8 Å². The summed E-state index contributed by atoms with van der Waals surface area (Å²) in [4.78, 5) is 13.0. The fourth-order valence-corrected chi connectivity index (χ4v) is 5.45. The molecule has 5 rings (SSSR count). The van der Waals surface area contributed by atoms with Crippen LogP contribution in [0.15, 0.2) is 90.1 Å². The molecule has 1 aromatic heterocycles. The molecule has 0 spiro atoms. The summed E-state index contributed by atoms with van der Waals surface area (Å²) in [5, 5.41) is 3.20. The van der Waals surface area contributed by atoms with Crippen molar-refractivity contribution in [2.45, 2.75) is 4.90 Å². The highest BCUT2D eigenvalue weighted by Crippen LogP contribution is 2.25. The van der Waals surface area contributed by atoms with Crippen LogP contribution >= 0.6 is 0 Å². The Balaban J connectivity index is 1.16. The van der Waals surface area contributed by atoms with Gasteiger partial charge in [-0.1, -0.05) is 12.1 Å². The third-order valence-electron chi connectivity index (χ3n) is 6.62. The largest absolute Gasteiger partial charge is 0.492 e. The maximum atomic E-state index is 13.9. The zero-order chi connectivity index (χ0) is 28.0. The van der Waals surface area contributed by atoms with E-state index in [1.54, 1.807) is 24.3 Å². The number of nitrogens with one attached hydrogen (secondary N) is 2. The third kappa shape index (κ3) is 7.12. The third-order valence-corrected chi connectivity index (χ3v) is 8.04. The lowest BCUT2D eigenvalue weighted by atomic mass is 10.1. The first-order valence-electron chi connectivity index (χ1n) is 13.0. The molecule has 0 amide bonds. The summed E-state index contributed by atoms with van der Waals surface area (Å²) in [6, 6.07) is 21.5. The summed E-state index contributed by atoms with van der Waals surface area (Å²) < 4.78 is 47.3. The number of anilines is 3. The van der Waals surface area contributed by atoms with E-state index >= 15 is 0 Å². The van der Waals surface area contributed by atoms with Crippen molar-refractivity contribution in [3.63, 3.8) is 0 Å². The second-order valence-corrected chi connectivity index (χ2v) is 11.2. The number of hydrogen-bond acceptors (Lipinski definition) is 8. The number of nitrogens with zero attached hydrogens (tertiary/aromatic N) is 4. The quantitative estimate of drug-likeness (QED) is 0.293. The van der Waals surface area contributed by atoms with E-state index < -0.39 is 20.7 Å². The lowest BCUT2D eigenvalue weighted by molar-refractivity contribution is 0.134. The van der Waals surface area contributed by atoms with Gasteiger partial charge < -0.3 is 15.0 Å². The Labute approximate surface area is 233 Å². The van der Waals surface area contributed by atoms with Gasteiger partial charge in [-0.05, 0) is 67.7 Å². The molecule has 1 aliphatic rings. The fourth-order valence-electron chi connectivity index (χ4n) is 4.31. The van der Waals surface area contributed by atoms with E-state index in [2.05, 4.69) is 36.9 Å². The topological polar surface area (TPSA) is 99.7 Å². The number of halogens is 1. The highest BCUT2D eigenvalue weighted by Gasteiger charge is 2.18. The number of hydrogen-bond donors (Lipinski definition) is 2. The molecule has 208 valence electrons. The monoisotopic (exact) mass is 562 g/mol. The van der Waals surface area contributed by atoms with Gasteiger partial charge in [0.15, 0.2) is 0 Å². The molecule has 0 radical (unpaired) electrons. The molecular weight excluding hydrogens is 531 g/mol. The smallest absolute Gasteiger partial charge is 0.264 e. The van der Waals surface area contributed by atoms with Crippen molar-refractivity contribution in [1.82, 2.24) is 19.8 Å². The first kappa shape index (κ1) is 27.5. The highest BCUT2D eigenvalue weighted by atomic mass is 32.2. The Kier molecular flexibility index (Phi) is 8.54. The van der Waals surface area contributed by atoms with Gasteiger partial charge in [-0.25, -0.2) is 22.8 Å². The predicted octanol–water partition coefficient (Wildman–Crippen LogP) is 4.45. The molecular formula is C29H31FN6O3S. The SMILES string of the molecule is CN1CCN(CCOc2ccc(-c3cc(Nc4ccc(NS(=O)(=O)c5ccccc5F)cc4)ncn3)cc2)CC1. The molecule has 9 nitrogen and oxygen atoms in total. The zero-order valence-electron chi connectivity index (χ0n) is 22.1. The van der Waals surface area contributed by atoms with Crippen LogP contribution in [0.2, 0.25) is 0 Å². The van der Waals surface area contributed by atoms with Gasteiger partial charge in [-0.3, -0.25) is 9.62 Å². The van der Waals surface area contributed by atoms with Crippen LogP contribution in [0.1, 0.15) is 0 Å². The number of aromatic nitrogens is 2. The molecule has 4 aromatic rings. The summed E-state index contributed by atoms with van der Waals surface area (Å²) in [5.74, 6) is 0.587. The van der Waals surface area contributed by atoms with Crippen molar-refractivity contribution in [3.8, 4) is 17.0 Å². The number of benzene rings is 3.